The third-order valence-electron chi connectivity index (χ3n) is 3.96. The van der Waals surface area contributed by atoms with E-state index in [0.717, 1.165) is 10.4 Å². The number of amides is 1. The Morgan fingerprint density at radius 2 is 2.04 bits per heavy atom. The number of rotatable bonds is 7. The Labute approximate surface area is 157 Å². The summed E-state index contributed by atoms with van der Waals surface area (Å²) in [4.78, 5) is 13.4. The first-order valence-corrected chi connectivity index (χ1v) is 9.46. The number of hydrogen-bond acceptors (Lipinski definition) is 4. The molecule has 0 unspecified atom stereocenters. The summed E-state index contributed by atoms with van der Waals surface area (Å²) in [6.07, 6.45) is 5.03. The highest BCUT2D eigenvalue weighted by Gasteiger charge is 2.18. The van der Waals surface area contributed by atoms with Gasteiger partial charge in [0.05, 0.1) is 18.8 Å². The molecule has 0 fully saturated rings. The molecule has 0 radical (unpaired) electrons. The number of benzene rings is 1. The van der Waals surface area contributed by atoms with E-state index in [1.165, 1.54) is 6.08 Å². The minimum absolute atomic E-state index is 0.0147. The molecule has 0 aliphatic carbocycles. The van der Waals surface area contributed by atoms with Gasteiger partial charge in [-0.3, -0.25) is 4.79 Å². The van der Waals surface area contributed by atoms with E-state index in [2.05, 4.69) is 35.5 Å². The molecule has 2 heterocycles. The van der Waals surface area contributed by atoms with Gasteiger partial charge in [-0.05, 0) is 29.0 Å². The molecule has 1 atom stereocenters. The largest absolute Gasteiger partial charge is 0.345 e. The zero-order valence-corrected chi connectivity index (χ0v) is 15.7. The fourth-order valence-corrected chi connectivity index (χ4v) is 3.58. The molecule has 26 heavy (non-hydrogen) atoms. The Morgan fingerprint density at radius 3 is 2.73 bits per heavy atom. The summed E-state index contributed by atoms with van der Waals surface area (Å²) in [5, 5.41) is 13.3. The van der Waals surface area contributed by atoms with Crippen molar-refractivity contribution < 1.29 is 4.79 Å². The molecule has 0 saturated carbocycles. The number of nitrogens with zero attached hydrogens (tertiary/aromatic N) is 3. The molecule has 0 bridgehead atoms. The Bertz CT molecular complexity index is 853. The van der Waals surface area contributed by atoms with E-state index in [1.807, 2.05) is 48.0 Å². The van der Waals surface area contributed by atoms with Gasteiger partial charge in [0, 0.05) is 11.0 Å². The second-order valence-corrected chi connectivity index (χ2v) is 7.38. The Hall–Kier alpha value is -2.73. The Balaban J connectivity index is 1.60. The molecule has 1 N–H and O–H groups in total. The molecule has 0 aliphatic rings. The summed E-state index contributed by atoms with van der Waals surface area (Å²) in [6.45, 7) is 4.86. The highest BCUT2D eigenvalue weighted by atomic mass is 32.1. The van der Waals surface area contributed by atoms with Crippen molar-refractivity contribution in [2.45, 2.75) is 26.4 Å². The molecule has 5 nitrogen and oxygen atoms in total. The molecular formula is C20H22N4OS. The van der Waals surface area contributed by atoms with Gasteiger partial charge in [-0.2, -0.15) is 0 Å². The maximum atomic E-state index is 12.3. The van der Waals surface area contributed by atoms with E-state index in [9.17, 15) is 4.79 Å². The van der Waals surface area contributed by atoms with Crippen LogP contribution in [0.2, 0.25) is 0 Å². The first-order chi connectivity index (χ1) is 12.6. The van der Waals surface area contributed by atoms with Gasteiger partial charge >= 0.3 is 0 Å². The lowest BCUT2D eigenvalue weighted by atomic mass is 10.0. The number of thiophene rings is 1. The maximum Gasteiger partial charge on any atom is 0.244 e. The van der Waals surface area contributed by atoms with Crippen molar-refractivity contribution in [3.05, 3.63) is 76.3 Å². The van der Waals surface area contributed by atoms with Crippen molar-refractivity contribution in [2.24, 2.45) is 5.92 Å². The van der Waals surface area contributed by atoms with Gasteiger partial charge in [0.1, 0.15) is 5.69 Å². The van der Waals surface area contributed by atoms with Crippen molar-refractivity contribution in [3.63, 3.8) is 0 Å². The Morgan fingerprint density at radius 1 is 1.23 bits per heavy atom. The SMILES string of the molecule is CC(C)[C@H](NC(=O)/C=C/c1cn(Cc2ccccc2)nn1)c1cccs1. The minimum atomic E-state index is -0.130. The number of hydrogen-bond donors (Lipinski definition) is 1. The molecule has 2 aromatic heterocycles. The molecule has 1 amide bonds. The molecule has 6 heteroatoms. The predicted octanol–water partition coefficient (Wildman–Crippen LogP) is 3.91. The van der Waals surface area contributed by atoms with E-state index >= 15 is 0 Å². The lowest BCUT2D eigenvalue weighted by molar-refractivity contribution is -0.117. The number of nitrogens with one attached hydrogen (secondary N) is 1. The monoisotopic (exact) mass is 366 g/mol. The van der Waals surface area contributed by atoms with E-state index in [1.54, 1.807) is 22.1 Å². The van der Waals surface area contributed by atoms with Crippen molar-refractivity contribution in [3.8, 4) is 0 Å². The first-order valence-electron chi connectivity index (χ1n) is 8.58. The summed E-state index contributed by atoms with van der Waals surface area (Å²) >= 11 is 1.66. The van der Waals surface area contributed by atoms with Crippen LogP contribution in [0.4, 0.5) is 0 Å². The molecule has 0 aliphatic heterocycles. The number of carbonyl (C=O) groups is 1. The van der Waals surface area contributed by atoms with Crippen LogP contribution in [0.3, 0.4) is 0 Å². The first kappa shape index (κ1) is 18.1. The van der Waals surface area contributed by atoms with Crippen LogP contribution in [-0.2, 0) is 11.3 Å². The van der Waals surface area contributed by atoms with E-state index < -0.39 is 0 Å². The van der Waals surface area contributed by atoms with Gasteiger partial charge in [-0.25, -0.2) is 4.68 Å². The summed E-state index contributed by atoms with van der Waals surface area (Å²) in [7, 11) is 0. The third-order valence-corrected chi connectivity index (χ3v) is 4.92. The highest BCUT2D eigenvalue weighted by molar-refractivity contribution is 7.10. The summed E-state index contributed by atoms with van der Waals surface area (Å²) in [5.74, 6) is 0.187. The average Bonchev–Trinajstić information content (AvgIpc) is 3.30. The van der Waals surface area contributed by atoms with Gasteiger partial charge in [-0.15, -0.1) is 16.4 Å². The summed E-state index contributed by atoms with van der Waals surface area (Å²) < 4.78 is 1.76. The molecule has 3 rings (SSSR count). The van der Waals surface area contributed by atoms with Gasteiger partial charge in [0.2, 0.25) is 5.91 Å². The van der Waals surface area contributed by atoms with Crippen LogP contribution < -0.4 is 5.32 Å². The quantitative estimate of drug-likeness (QED) is 0.645. The lowest BCUT2D eigenvalue weighted by Gasteiger charge is -2.20. The van der Waals surface area contributed by atoms with Crippen molar-refractivity contribution in [1.29, 1.82) is 0 Å². The van der Waals surface area contributed by atoms with Crippen LogP contribution in [0.25, 0.3) is 6.08 Å². The van der Waals surface area contributed by atoms with Crippen molar-refractivity contribution >= 4 is 23.3 Å². The fourth-order valence-electron chi connectivity index (χ4n) is 2.63. The number of aromatic nitrogens is 3. The van der Waals surface area contributed by atoms with E-state index in [0.29, 0.717) is 18.2 Å². The Kier molecular flexibility index (Phi) is 5.96. The summed E-state index contributed by atoms with van der Waals surface area (Å²) in [5.41, 5.74) is 1.81. The molecule has 134 valence electrons. The lowest BCUT2D eigenvalue weighted by Crippen LogP contribution is -2.29. The second kappa shape index (κ2) is 8.58. The van der Waals surface area contributed by atoms with Crippen LogP contribution in [-0.4, -0.2) is 20.9 Å². The van der Waals surface area contributed by atoms with Gasteiger partial charge in [0.15, 0.2) is 0 Å². The maximum absolute atomic E-state index is 12.3. The zero-order chi connectivity index (χ0) is 18.4. The third kappa shape index (κ3) is 4.89. The van der Waals surface area contributed by atoms with Gasteiger partial charge in [0.25, 0.3) is 0 Å². The molecule has 3 aromatic rings. The highest BCUT2D eigenvalue weighted by Crippen LogP contribution is 2.25. The summed E-state index contributed by atoms with van der Waals surface area (Å²) in [6, 6.07) is 14.1. The average molecular weight is 366 g/mol. The van der Waals surface area contributed by atoms with Crippen LogP contribution >= 0.6 is 11.3 Å². The van der Waals surface area contributed by atoms with Crippen LogP contribution in [0.5, 0.6) is 0 Å². The topological polar surface area (TPSA) is 59.8 Å². The van der Waals surface area contributed by atoms with Gasteiger partial charge in [-0.1, -0.05) is 55.5 Å². The zero-order valence-electron chi connectivity index (χ0n) is 14.9. The van der Waals surface area contributed by atoms with Crippen LogP contribution in [0.1, 0.15) is 36.0 Å². The minimum Gasteiger partial charge on any atom is -0.345 e. The van der Waals surface area contributed by atoms with E-state index in [4.69, 9.17) is 0 Å². The van der Waals surface area contributed by atoms with E-state index in [-0.39, 0.29) is 11.9 Å². The normalized spacial score (nSPS) is 12.6. The van der Waals surface area contributed by atoms with Crippen LogP contribution in [0, 0.1) is 5.92 Å². The smallest absolute Gasteiger partial charge is 0.244 e. The van der Waals surface area contributed by atoms with Gasteiger partial charge < -0.3 is 5.32 Å². The van der Waals surface area contributed by atoms with Crippen LogP contribution in [0.15, 0.2) is 60.1 Å². The second-order valence-electron chi connectivity index (χ2n) is 6.41. The molecule has 1 aromatic carbocycles. The standard InChI is InChI=1S/C20H22N4OS/c1-15(2)20(18-9-6-12-26-18)21-19(25)11-10-17-14-24(23-22-17)13-16-7-4-3-5-8-16/h3-12,14-15,20H,13H2,1-2H3,(H,21,25)/b11-10+/t20-/m0/s1. The van der Waals surface area contributed by atoms with Crippen molar-refractivity contribution in [1.82, 2.24) is 20.3 Å². The number of carbonyl (C=O) groups excluding carboxylic acids is 1. The molecule has 0 spiro atoms. The van der Waals surface area contributed by atoms with Crippen molar-refractivity contribution in [2.75, 3.05) is 0 Å². The fraction of sp³-hybridized carbons (Fsp3) is 0.250. The molecule has 0 saturated heterocycles. The molecular weight excluding hydrogens is 344 g/mol. The predicted molar refractivity (Wildman–Crippen MR) is 105 cm³/mol.